The van der Waals surface area contributed by atoms with E-state index in [2.05, 4.69) is 0 Å². The average molecular weight is 415 g/mol. The normalized spacial score (nSPS) is 19.3. The van der Waals surface area contributed by atoms with E-state index in [9.17, 15) is 28.1 Å². The van der Waals surface area contributed by atoms with E-state index in [1.165, 1.54) is 43.3 Å². The Morgan fingerprint density at radius 2 is 1.89 bits per heavy atom. The molecule has 1 aliphatic rings. The summed E-state index contributed by atoms with van der Waals surface area (Å²) in [5.41, 5.74) is 0.435. The van der Waals surface area contributed by atoms with Gasteiger partial charge < -0.3 is 9.64 Å². The molecule has 12 heteroatoms. The van der Waals surface area contributed by atoms with Crippen LogP contribution in [-0.4, -0.2) is 74.2 Å². The predicted octanol–water partition coefficient (Wildman–Crippen LogP) is 0.739. The molecule has 0 bridgehead atoms. The summed E-state index contributed by atoms with van der Waals surface area (Å²) in [6, 6.07) is 4.56. The number of rotatable bonds is 6. The molecule has 0 radical (unpaired) electrons. The van der Waals surface area contributed by atoms with Crippen LogP contribution in [0, 0.1) is 10.1 Å². The summed E-state index contributed by atoms with van der Waals surface area (Å²) < 4.78 is 32.8. The molecule has 0 aliphatic carbocycles. The van der Waals surface area contributed by atoms with Crippen LogP contribution in [0.1, 0.15) is 12.0 Å². The molecule has 1 saturated heterocycles. The molecule has 1 aliphatic heterocycles. The van der Waals surface area contributed by atoms with Crippen LogP contribution in [-0.2, 0) is 30.4 Å². The molecule has 28 heavy (non-hydrogen) atoms. The maximum absolute atomic E-state index is 12.5. The van der Waals surface area contributed by atoms with Gasteiger partial charge in [0, 0.05) is 32.6 Å². The van der Waals surface area contributed by atoms with Gasteiger partial charge in [-0.05, 0) is 17.7 Å². The number of likely N-dealkylation sites (tertiary alicyclic amines) is 1. The number of hydrogen-bond donors (Lipinski definition) is 0. The van der Waals surface area contributed by atoms with Gasteiger partial charge in [0.25, 0.3) is 15.8 Å². The second-order valence-electron chi connectivity index (χ2n) is 6.54. The molecule has 0 unspecified atom stereocenters. The molecule has 1 heterocycles. The smallest absolute Gasteiger partial charge is 0.410 e. The number of nitro benzene ring substituents is 1. The first kappa shape index (κ1) is 21.6. The zero-order valence-electron chi connectivity index (χ0n) is 15.6. The zero-order chi connectivity index (χ0) is 21.1. The largest absolute Gasteiger partial charge is 0.445 e. The van der Waals surface area contributed by atoms with E-state index in [0.29, 0.717) is 5.56 Å². The number of amides is 2. The van der Waals surface area contributed by atoms with Gasteiger partial charge in [0.05, 0.1) is 23.8 Å². The summed E-state index contributed by atoms with van der Waals surface area (Å²) >= 11 is 0. The van der Waals surface area contributed by atoms with Crippen molar-refractivity contribution in [3.63, 3.8) is 0 Å². The lowest BCUT2D eigenvalue weighted by Gasteiger charge is -2.25. The van der Waals surface area contributed by atoms with Crippen molar-refractivity contribution < 1.29 is 31.9 Å². The average Bonchev–Trinajstić information content (AvgIpc) is 3.01. The lowest BCUT2D eigenvalue weighted by Crippen LogP contribution is -2.45. The second-order valence-corrected chi connectivity index (χ2v) is 8.14. The van der Waals surface area contributed by atoms with Crippen LogP contribution >= 0.6 is 0 Å². The van der Waals surface area contributed by atoms with Crippen LogP contribution in [0.3, 0.4) is 0 Å². The summed E-state index contributed by atoms with van der Waals surface area (Å²) in [7, 11) is -0.709. The highest BCUT2D eigenvalue weighted by atomic mass is 32.2. The molecule has 0 spiro atoms. The summed E-state index contributed by atoms with van der Waals surface area (Å²) in [5.74, 6) is -0.383. The van der Waals surface area contributed by atoms with E-state index in [-0.39, 0.29) is 31.2 Å². The monoisotopic (exact) mass is 415 g/mol. The fourth-order valence-corrected chi connectivity index (χ4v) is 3.42. The Morgan fingerprint density at radius 1 is 1.29 bits per heavy atom. The highest BCUT2D eigenvalue weighted by molar-refractivity contribution is 7.86. The van der Waals surface area contributed by atoms with E-state index in [4.69, 9.17) is 8.92 Å². The van der Waals surface area contributed by atoms with Gasteiger partial charge in [-0.15, -0.1) is 0 Å². The van der Waals surface area contributed by atoms with Gasteiger partial charge in [0.2, 0.25) is 5.91 Å². The Hall–Kier alpha value is -2.73. The summed E-state index contributed by atoms with van der Waals surface area (Å²) in [4.78, 5) is 37.4. The minimum atomic E-state index is -3.75. The summed E-state index contributed by atoms with van der Waals surface area (Å²) in [6.45, 7) is -0.274. The predicted molar refractivity (Wildman–Crippen MR) is 96.8 cm³/mol. The topological polar surface area (TPSA) is 136 Å². The number of nitrogens with zero attached hydrogens (tertiary/aromatic N) is 3. The second kappa shape index (κ2) is 8.52. The van der Waals surface area contributed by atoms with Crippen LogP contribution in [0.5, 0.6) is 0 Å². The maximum atomic E-state index is 12.5. The minimum Gasteiger partial charge on any atom is -0.445 e. The lowest BCUT2D eigenvalue weighted by atomic mass is 10.2. The fraction of sp³-hybridized carbons (Fsp3) is 0.500. The highest BCUT2D eigenvalue weighted by Gasteiger charge is 2.42. The third kappa shape index (κ3) is 5.63. The van der Waals surface area contributed by atoms with Crippen LogP contribution in [0.2, 0.25) is 0 Å². The molecule has 0 saturated carbocycles. The Bertz CT molecular complexity index is 853. The lowest BCUT2D eigenvalue weighted by molar-refractivity contribution is -0.384. The maximum Gasteiger partial charge on any atom is 0.410 e. The third-order valence-electron chi connectivity index (χ3n) is 4.04. The standard InChI is InChI=1S/C16H21N3O8S/c1-17(2)15(20)14-8-13(27-28(3,24)25)9-18(14)16(21)26-10-11-4-6-12(7-5-11)19(22)23/h4-7,13-14H,8-10H2,1-3H3/t13-,14-/m1/s1. The molecule has 1 fully saturated rings. The van der Waals surface area contributed by atoms with Crippen LogP contribution in [0.15, 0.2) is 24.3 Å². The molecular formula is C16H21N3O8S. The zero-order valence-corrected chi connectivity index (χ0v) is 16.4. The first-order valence-electron chi connectivity index (χ1n) is 8.24. The van der Waals surface area contributed by atoms with Gasteiger partial charge in [0.1, 0.15) is 12.6 Å². The van der Waals surface area contributed by atoms with Crippen molar-refractivity contribution in [2.24, 2.45) is 0 Å². The Kier molecular flexibility index (Phi) is 6.56. The number of non-ortho nitro benzene ring substituents is 1. The van der Waals surface area contributed by atoms with Gasteiger partial charge >= 0.3 is 6.09 Å². The number of benzene rings is 1. The molecule has 2 atom stereocenters. The highest BCUT2D eigenvalue weighted by Crippen LogP contribution is 2.24. The van der Waals surface area contributed by atoms with Gasteiger partial charge in [-0.2, -0.15) is 8.42 Å². The Morgan fingerprint density at radius 3 is 2.39 bits per heavy atom. The van der Waals surface area contributed by atoms with Crippen molar-refractivity contribution in [3.8, 4) is 0 Å². The molecule has 0 N–H and O–H groups in total. The molecule has 1 aromatic carbocycles. The van der Waals surface area contributed by atoms with Crippen LogP contribution < -0.4 is 0 Å². The minimum absolute atomic E-state index is 0.0245. The van der Waals surface area contributed by atoms with Crippen molar-refractivity contribution in [2.75, 3.05) is 26.9 Å². The van der Waals surface area contributed by atoms with Gasteiger partial charge in [-0.3, -0.25) is 24.0 Å². The summed E-state index contributed by atoms with van der Waals surface area (Å²) in [5, 5.41) is 10.7. The number of carbonyl (C=O) groups is 2. The first-order valence-corrected chi connectivity index (χ1v) is 10.1. The van der Waals surface area contributed by atoms with Crippen molar-refractivity contribution >= 4 is 27.8 Å². The molecule has 1 aromatic rings. The van der Waals surface area contributed by atoms with E-state index in [1.54, 1.807) is 0 Å². The van der Waals surface area contributed by atoms with Crippen LogP contribution in [0.25, 0.3) is 0 Å². The number of likely N-dealkylation sites (N-methyl/N-ethyl adjacent to an activating group) is 1. The van der Waals surface area contributed by atoms with Crippen molar-refractivity contribution in [2.45, 2.75) is 25.2 Å². The number of nitro groups is 1. The summed E-state index contributed by atoms with van der Waals surface area (Å²) in [6.07, 6.45) is -0.740. The van der Waals surface area contributed by atoms with Crippen LogP contribution in [0.4, 0.5) is 10.5 Å². The number of ether oxygens (including phenoxy) is 1. The van der Waals surface area contributed by atoms with E-state index < -0.39 is 33.3 Å². The van der Waals surface area contributed by atoms with E-state index in [1.807, 2.05) is 0 Å². The van der Waals surface area contributed by atoms with E-state index >= 15 is 0 Å². The number of carbonyl (C=O) groups excluding carboxylic acids is 2. The first-order chi connectivity index (χ1) is 13.0. The van der Waals surface area contributed by atoms with Gasteiger partial charge in [-0.1, -0.05) is 0 Å². The van der Waals surface area contributed by atoms with Gasteiger partial charge in [0.15, 0.2) is 0 Å². The van der Waals surface area contributed by atoms with Crippen molar-refractivity contribution in [3.05, 3.63) is 39.9 Å². The Labute approximate surface area is 162 Å². The van der Waals surface area contributed by atoms with E-state index in [0.717, 1.165) is 11.2 Å². The molecule has 154 valence electrons. The SMILES string of the molecule is CN(C)C(=O)[C@H]1C[C@@H](OS(C)(=O)=O)CN1C(=O)OCc1ccc([N+](=O)[O-])cc1. The molecule has 0 aromatic heterocycles. The third-order valence-corrected chi connectivity index (χ3v) is 4.67. The molecule has 2 amide bonds. The molecule has 11 nitrogen and oxygen atoms in total. The number of hydrogen-bond acceptors (Lipinski definition) is 8. The quantitative estimate of drug-likeness (QED) is 0.377. The molecular weight excluding hydrogens is 394 g/mol. The van der Waals surface area contributed by atoms with Crippen molar-refractivity contribution in [1.29, 1.82) is 0 Å². The fourth-order valence-electron chi connectivity index (χ4n) is 2.79. The molecule has 2 rings (SSSR count). The van der Waals surface area contributed by atoms with Crippen molar-refractivity contribution in [1.82, 2.24) is 9.80 Å². The Balaban J connectivity index is 2.06. The van der Waals surface area contributed by atoms with Gasteiger partial charge in [-0.25, -0.2) is 4.79 Å².